The molecule has 2 aromatic rings. The molecule has 0 radical (unpaired) electrons. The van der Waals surface area contributed by atoms with Gasteiger partial charge in [0.15, 0.2) is 5.11 Å². The molecule has 0 aliphatic carbocycles. The fourth-order valence-electron chi connectivity index (χ4n) is 2.91. The summed E-state index contributed by atoms with van der Waals surface area (Å²) in [7, 11) is 1.51. The highest BCUT2D eigenvalue weighted by molar-refractivity contribution is 7.80. The monoisotopic (exact) mass is 400 g/mol. The SMILES string of the molecule is COc1ccc(Cl)cc1/C=C1/C(=O)NC(=S)N(c2ccc(C)cc2C)C1=O. The molecule has 0 atom stereocenters. The Morgan fingerprint density at radius 2 is 1.89 bits per heavy atom. The summed E-state index contributed by atoms with van der Waals surface area (Å²) in [4.78, 5) is 26.9. The van der Waals surface area contributed by atoms with E-state index in [1.807, 2.05) is 32.0 Å². The van der Waals surface area contributed by atoms with Crippen LogP contribution in [-0.2, 0) is 9.59 Å². The van der Waals surface area contributed by atoms with E-state index in [-0.39, 0.29) is 10.7 Å². The summed E-state index contributed by atoms with van der Waals surface area (Å²) >= 11 is 11.3. The van der Waals surface area contributed by atoms with Crippen molar-refractivity contribution >= 4 is 52.5 Å². The van der Waals surface area contributed by atoms with Gasteiger partial charge in [-0.3, -0.25) is 19.8 Å². The predicted octanol–water partition coefficient (Wildman–Crippen LogP) is 3.80. The zero-order chi connectivity index (χ0) is 19.7. The second-order valence-electron chi connectivity index (χ2n) is 6.13. The van der Waals surface area contributed by atoms with Crippen molar-refractivity contribution in [3.05, 3.63) is 63.7 Å². The Labute approximate surface area is 167 Å². The van der Waals surface area contributed by atoms with Gasteiger partial charge in [0.25, 0.3) is 11.8 Å². The van der Waals surface area contributed by atoms with E-state index in [9.17, 15) is 9.59 Å². The third-order valence-electron chi connectivity index (χ3n) is 4.19. The van der Waals surface area contributed by atoms with Crippen LogP contribution in [0.2, 0.25) is 5.02 Å². The van der Waals surface area contributed by atoms with E-state index < -0.39 is 11.8 Å². The van der Waals surface area contributed by atoms with Crippen LogP contribution in [0.25, 0.3) is 6.08 Å². The molecule has 0 bridgehead atoms. The van der Waals surface area contributed by atoms with Gasteiger partial charge in [-0.1, -0.05) is 29.3 Å². The number of ether oxygens (including phenoxy) is 1. The van der Waals surface area contributed by atoms with E-state index in [0.29, 0.717) is 22.0 Å². The van der Waals surface area contributed by atoms with Gasteiger partial charge in [0.05, 0.1) is 12.8 Å². The first-order valence-corrected chi connectivity index (χ1v) is 8.92. The molecule has 0 unspecified atom stereocenters. The lowest BCUT2D eigenvalue weighted by Crippen LogP contribution is -2.54. The number of anilines is 1. The highest BCUT2D eigenvalue weighted by Gasteiger charge is 2.35. The second kappa shape index (κ2) is 7.50. The first-order valence-electron chi connectivity index (χ1n) is 8.14. The molecule has 5 nitrogen and oxygen atoms in total. The van der Waals surface area contributed by atoms with Crippen LogP contribution in [0.5, 0.6) is 5.75 Å². The molecule has 1 aliphatic heterocycles. The number of amides is 2. The van der Waals surface area contributed by atoms with Crippen LogP contribution in [0.4, 0.5) is 5.69 Å². The minimum Gasteiger partial charge on any atom is -0.496 e. The Balaban J connectivity index is 2.09. The average molecular weight is 401 g/mol. The Kier molecular flexibility index (Phi) is 5.30. The van der Waals surface area contributed by atoms with E-state index in [4.69, 9.17) is 28.6 Å². The number of benzene rings is 2. The third kappa shape index (κ3) is 3.72. The number of hydrogen-bond acceptors (Lipinski definition) is 4. The van der Waals surface area contributed by atoms with Crippen LogP contribution in [0.3, 0.4) is 0 Å². The number of methoxy groups -OCH3 is 1. The number of aryl methyl sites for hydroxylation is 2. The van der Waals surface area contributed by atoms with Gasteiger partial charge in [-0.25, -0.2) is 0 Å². The van der Waals surface area contributed by atoms with Gasteiger partial charge >= 0.3 is 0 Å². The number of hydrogen-bond donors (Lipinski definition) is 1. The van der Waals surface area contributed by atoms with Crippen LogP contribution in [0, 0.1) is 13.8 Å². The van der Waals surface area contributed by atoms with E-state index in [2.05, 4.69) is 5.32 Å². The molecule has 0 spiro atoms. The lowest BCUT2D eigenvalue weighted by Gasteiger charge is -2.30. The zero-order valence-corrected chi connectivity index (χ0v) is 16.6. The molecular formula is C20H17ClN2O3S. The van der Waals surface area contributed by atoms with Crippen molar-refractivity contribution in [1.29, 1.82) is 0 Å². The number of nitrogens with zero attached hydrogens (tertiary/aromatic N) is 1. The van der Waals surface area contributed by atoms with Gasteiger partial charge in [-0.15, -0.1) is 0 Å². The van der Waals surface area contributed by atoms with Gasteiger partial charge in [0.1, 0.15) is 11.3 Å². The first-order chi connectivity index (χ1) is 12.8. The topological polar surface area (TPSA) is 58.6 Å². The smallest absolute Gasteiger partial charge is 0.270 e. The van der Waals surface area contributed by atoms with Gasteiger partial charge in [0.2, 0.25) is 0 Å². The Morgan fingerprint density at radius 3 is 2.56 bits per heavy atom. The molecule has 2 aromatic carbocycles. The van der Waals surface area contributed by atoms with Crippen molar-refractivity contribution in [2.45, 2.75) is 13.8 Å². The Morgan fingerprint density at radius 1 is 1.15 bits per heavy atom. The largest absolute Gasteiger partial charge is 0.496 e. The van der Waals surface area contributed by atoms with Crippen LogP contribution < -0.4 is 15.0 Å². The summed E-state index contributed by atoms with van der Waals surface area (Å²) in [6.45, 7) is 3.85. The maximum Gasteiger partial charge on any atom is 0.270 e. The van der Waals surface area contributed by atoms with Crippen molar-refractivity contribution in [3.63, 3.8) is 0 Å². The lowest BCUT2D eigenvalue weighted by atomic mass is 10.0. The zero-order valence-electron chi connectivity index (χ0n) is 15.0. The molecule has 1 fully saturated rings. The Bertz CT molecular complexity index is 1000. The van der Waals surface area contributed by atoms with E-state index in [1.54, 1.807) is 18.2 Å². The van der Waals surface area contributed by atoms with Crippen LogP contribution >= 0.6 is 23.8 Å². The van der Waals surface area contributed by atoms with Gasteiger partial charge in [-0.2, -0.15) is 0 Å². The summed E-state index contributed by atoms with van der Waals surface area (Å²) < 4.78 is 5.29. The van der Waals surface area contributed by atoms with Crippen LogP contribution in [0.15, 0.2) is 42.0 Å². The maximum absolute atomic E-state index is 13.1. The molecule has 1 saturated heterocycles. The maximum atomic E-state index is 13.1. The summed E-state index contributed by atoms with van der Waals surface area (Å²) in [5, 5.41) is 3.09. The number of thiocarbonyl (C=S) groups is 1. The number of carbonyl (C=O) groups excluding carboxylic acids is 2. The normalized spacial score (nSPS) is 15.9. The molecule has 0 aromatic heterocycles. The third-order valence-corrected chi connectivity index (χ3v) is 4.71. The van der Waals surface area contributed by atoms with Crippen molar-refractivity contribution < 1.29 is 14.3 Å². The molecular weight excluding hydrogens is 384 g/mol. The van der Waals surface area contributed by atoms with Crippen molar-refractivity contribution in [2.75, 3.05) is 12.0 Å². The van der Waals surface area contributed by atoms with Crippen LogP contribution in [0.1, 0.15) is 16.7 Å². The first kappa shape index (κ1) is 19.1. The molecule has 1 N–H and O–H groups in total. The summed E-state index contributed by atoms with van der Waals surface area (Å²) in [5.74, 6) is -0.565. The number of carbonyl (C=O) groups is 2. The van der Waals surface area contributed by atoms with Crippen molar-refractivity contribution in [3.8, 4) is 5.75 Å². The minimum atomic E-state index is -0.562. The molecule has 0 saturated carbocycles. The summed E-state index contributed by atoms with van der Waals surface area (Å²) in [6, 6.07) is 10.6. The molecule has 27 heavy (non-hydrogen) atoms. The van der Waals surface area contributed by atoms with E-state index in [1.165, 1.54) is 18.1 Å². The van der Waals surface area contributed by atoms with E-state index in [0.717, 1.165) is 11.1 Å². The van der Waals surface area contributed by atoms with Crippen molar-refractivity contribution in [1.82, 2.24) is 5.32 Å². The van der Waals surface area contributed by atoms with Gasteiger partial charge in [0, 0.05) is 10.6 Å². The molecule has 3 rings (SSSR count). The number of rotatable bonds is 3. The molecule has 138 valence electrons. The minimum absolute atomic E-state index is 0.0483. The standard InChI is InChI=1S/C20H17ClN2O3S/c1-11-4-6-16(12(2)8-11)23-19(25)15(18(24)22-20(23)27)10-13-9-14(21)5-7-17(13)26-3/h4-10H,1-3H3,(H,22,24,27)/b15-10-. The lowest BCUT2D eigenvalue weighted by molar-refractivity contribution is -0.122. The van der Waals surface area contributed by atoms with Gasteiger partial charge in [-0.05, 0) is 62.0 Å². The number of halogens is 1. The molecule has 1 heterocycles. The summed E-state index contributed by atoms with van der Waals surface area (Å²) in [6.07, 6.45) is 1.46. The van der Waals surface area contributed by atoms with E-state index >= 15 is 0 Å². The quantitative estimate of drug-likeness (QED) is 0.483. The average Bonchev–Trinajstić information content (AvgIpc) is 2.60. The summed E-state index contributed by atoms with van der Waals surface area (Å²) in [5.41, 5.74) is 3.04. The molecule has 1 aliphatic rings. The second-order valence-corrected chi connectivity index (χ2v) is 6.96. The fourth-order valence-corrected chi connectivity index (χ4v) is 3.36. The fraction of sp³-hybridized carbons (Fsp3) is 0.150. The highest BCUT2D eigenvalue weighted by atomic mass is 35.5. The molecule has 2 amide bonds. The predicted molar refractivity (Wildman–Crippen MR) is 110 cm³/mol. The van der Waals surface area contributed by atoms with Crippen LogP contribution in [-0.4, -0.2) is 24.0 Å². The van der Waals surface area contributed by atoms with Gasteiger partial charge < -0.3 is 4.74 Å². The molecule has 7 heteroatoms. The number of nitrogens with one attached hydrogen (secondary N) is 1. The van der Waals surface area contributed by atoms with Crippen molar-refractivity contribution in [2.24, 2.45) is 0 Å². The highest BCUT2D eigenvalue weighted by Crippen LogP contribution is 2.29. The Hall–Kier alpha value is -2.70.